The number of aliphatic carboxylic acids is 1. The number of nitrogens with zero attached hydrogens (tertiary/aromatic N) is 2. The van der Waals surface area contributed by atoms with E-state index in [4.69, 9.17) is 9.47 Å². The molecule has 2 aromatic carbocycles. The van der Waals surface area contributed by atoms with Crippen molar-refractivity contribution < 1.29 is 37.7 Å². The van der Waals surface area contributed by atoms with Gasteiger partial charge in [-0.1, -0.05) is 32.9 Å². The molecule has 4 aliphatic rings. The highest BCUT2D eigenvalue weighted by Gasteiger charge is 2.47. The second kappa shape index (κ2) is 16.3. The number of hydrogen-bond acceptors (Lipinski definition) is 5. The molecule has 55 heavy (non-hydrogen) atoms. The van der Waals surface area contributed by atoms with Gasteiger partial charge < -0.3 is 24.8 Å². The van der Waals surface area contributed by atoms with Gasteiger partial charge in [-0.05, 0) is 136 Å². The first-order chi connectivity index (χ1) is 26.4. The van der Waals surface area contributed by atoms with Crippen LogP contribution in [0.5, 0.6) is 0 Å². The lowest BCUT2D eigenvalue weighted by molar-refractivity contribution is -0.144. The van der Waals surface area contributed by atoms with Gasteiger partial charge in [-0.15, -0.1) is 0 Å². The van der Waals surface area contributed by atoms with Crippen molar-refractivity contribution in [3.63, 3.8) is 0 Å². The fourth-order valence-electron chi connectivity index (χ4n) is 10.1. The van der Waals surface area contributed by atoms with E-state index in [9.17, 15) is 28.3 Å². The normalized spacial score (nSPS) is 25.8. The number of fused-ring (bicyclic) bond motifs is 1. The van der Waals surface area contributed by atoms with Gasteiger partial charge in [0.1, 0.15) is 11.6 Å². The summed E-state index contributed by atoms with van der Waals surface area (Å²) in [4.78, 5) is 42.6. The van der Waals surface area contributed by atoms with Gasteiger partial charge in [-0.3, -0.25) is 14.2 Å². The van der Waals surface area contributed by atoms with Crippen molar-refractivity contribution >= 4 is 28.8 Å². The van der Waals surface area contributed by atoms with Crippen LogP contribution < -0.4 is 5.32 Å². The molecule has 2 N–H and O–H groups in total. The number of carbonyl (C=O) groups excluding carboxylic acids is 2. The van der Waals surface area contributed by atoms with Gasteiger partial charge in [0.2, 0.25) is 5.91 Å². The number of carboxylic acids is 1. The van der Waals surface area contributed by atoms with Crippen LogP contribution in [0.3, 0.4) is 0 Å². The molecule has 3 aromatic rings. The van der Waals surface area contributed by atoms with E-state index in [-0.39, 0.29) is 43.3 Å². The molecule has 2 saturated heterocycles. The summed E-state index contributed by atoms with van der Waals surface area (Å²) in [5, 5.41) is 13.9. The Morgan fingerprint density at radius 2 is 1.55 bits per heavy atom. The van der Waals surface area contributed by atoms with E-state index in [1.807, 2.05) is 26.8 Å². The van der Waals surface area contributed by atoms with E-state index < -0.39 is 34.4 Å². The minimum Gasteiger partial charge on any atom is -0.481 e. The number of piperidine rings is 1. The Morgan fingerprint density at radius 1 is 0.891 bits per heavy atom. The number of carboxylic acid groups (broad SMARTS) is 1. The Bertz CT molecular complexity index is 1850. The molecule has 2 saturated carbocycles. The van der Waals surface area contributed by atoms with Crippen LogP contribution in [-0.2, 0) is 37.3 Å². The molecule has 2 aliphatic carbocycles. The van der Waals surface area contributed by atoms with Gasteiger partial charge in [-0.25, -0.2) is 13.6 Å². The summed E-state index contributed by atoms with van der Waals surface area (Å²) < 4.78 is 42.7. The molecule has 2 atom stereocenters. The Hall–Kier alpha value is -3.83. The zero-order valence-electron chi connectivity index (χ0n) is 32.6. The van der Waals surface area contributed by atoms with E-state index in [0.717, 1.165) is 74.8 Å². The predicted molar refractivity (Wildman–Crippen MR) is 206 cm³/mol. The number of benzene rings is 2. The van der Waals surface area contributed by atoms with Crippen LogP contribution in [0.1, 0.15) is 108 Å². The highest BCUT2D eigenvalue weighted by Crippen LogP contribution is 2.42. The van der Waals surface area contributed by atoms with Crippen molar-refractivity contribution in [3.8, 4) is 0 Å². The molecule has 2 amide bonds. The zero-order chi connectivity index (χ0) is 38.9. The highest BCUT2D eigenvalue weighted by atomic mass is 19.1. The predicted octanol–water partition coefficient (Wildman–Crippen LogP) is 8.18. The second-order valence-electron chi connectivity index (χ2n) is 17.3. The van der Waals surface area contributed by atoms with E-state index in [1.54, 1.807) is 21.6 Å². The quantitative estimate of drug-likeness (QED) is 0.228. The molecule has 7 rings (SSSR count). The summed E-state index contributed by atoms with van der Waals surface area (Å²) in [5.74, 6) is -1.81. The van der Waals surface area contributed by atoms with Crippen LogP contribution in [0.15, 0.2) is 42.5 Å². The van der Waals surface area contributed by atoms with Gasteiger partial charge in [-0.2, -0.15) is 0 Å². The third-order valence-electron chi connectivity index (χ3n) is 13.4. The maximum atomic E-state index is 14.9. The number of carbonyl (C=O) groups is 3. The van der Waals surface area contributed by atoms with Crippen molar-refractivity contribution in [1.29, 1.82) is 0 Å². The number of amides is 2. The molecular weight excluding hydrogens is 704 g/mol. The topological polar surface area (TPSA) is 110 Å². The monoisotopic (exact) mass is 761 g/mol. The molecule has 0 radical (unpaired) electrons. The molecule has 9 nitrogen and oxygen atoms in total. The molecule has 0 unspecified atom stereocenters. The summed E-state index contributed by atoms with van der Waals surface area (Å²) in [6.07, 6.45) is 10.1. The van der Waals surface area contributed by atoms with Crippen LogP contribution in [0.25, 0.3) is 10.9 Å². The first kappa shape index (κ1) is 39.4. The van der Waals surface area contributed by atoms with Crippen molar-refractivity contribution in [2.75, 3.05) is 26.3 Å². The maximum absolute atomic E-state index is 14.9. The average molecular weight is 762 g/mol. The molecule has 4 fully saturated rings. The third-order valence-corrected chi connectivity index (χ3v) is 13.4. The maximum Gasteiger partial charge on any atom is 0.328 e. The Kier molecular flexibility index (Phi) is 11.7. The summed E-state index contributed by atoms with van der Waals surface area (Å²) in [6.45, 7) is 8.13. The summed E-state index contributed by atoms with van der Waals surface area (Å²) in [6, 6.07) is 10.4. The number of ether oxygens (including phenoxy) is 2. The van der Waals surface area contributed by atoms with Crippen molar-refractivity contribution in [2.45, 2.75) is 128 Å². The second-order valence-corrected chi connectivity index (χ2v) is 17.3. The lowest BCUT2D eigenvalue weighted by Gasteiger charge is -2.45. The van der Waals surface area contributed by atoms with Crippen LogP contribution in [0.2, 0.25) is 0 Å². The van der Waals surface area contributed by atoms with Crippen molar-refractivity contribution in [1.82, 2.24) is 14.8 Å². The first-order valence-corrected chi connectivity index (χ1v) is 20.5. The minimum absolute atomic E-state index is 0.184. The van der Waals surface area contributed by atoms with E-state index in [2.05, 4.69) is 5.32 Å². The van der Waals surface area contributed by atoms with Gasteiger partial charge in [0, 0.05) is 43.4 Å². The van der Waals surface area contributed by atoms with Crippen LogP contribution in [0, 0.1) is 28.9 Å². The molecule has 3 heterocycles. The molecule has 298 valence electrons. The molecule has 0 bridgehead atoms. The Labute approximate surface area is 323 Å². The molecule has 2 aliphatic heterocycles. The molecule has 1 aromatic heterocycles. The van der Waals surface area contributed by atoms with E-state index in [0.29, 0.717) is 55.5 Å². The summed E-state index contributed by atoms with van der Waals surface area (Å²) in [5.41, 5.74) is 1.82. The Balaban J connectivity index is 1.10. The van der Waals surface area contributed by atoms with Crippen LogP contribution >= 0.6 is 0 Å². The molecule has 0 spiro atoms. The van der Waals surface area contributed by atoms with Gasteiger partial charge >= 0.3 is 12.0 Å². The standard InChI is InChI=1S/C44H57F2N3O6/c1-4-37-36(25-28-5-13-33(14-6-28)55-34-17-23-54-24-18-34)35-15-12-32(46)26-38(35)49(37)42(53)48-21-19-44(20-22-48,30-8-10-31(45)11-9-30)41(52)47-39-16-7-29(40(50)51)27-43(39,2)3/h8-12,15,26,28-29,33-34,39H,4-7,13-14,16-25,27H2,1-3H3,(H,47,52)(H,50,51)/t28?,29-,33?,39-/m0/s1. The molecular formula is C44H57F2N3O6. The SMILES string of the molecule is CCc1c(CC2CCC(OC3CCOCC3)CC2)c2ccc(F)cc2n1C(=O)N1CCC(C(=O)N[C@H]2CC[C@H](C(=O)O)CC2(C)C)(c2ccc(F)cc2)CC1. The number of hydrogen-bond donors (Lipinski definition) is 2. The first-order valence-electron chi connectivity index (χ1n) is 20.5. The van der Waals surface area contributed by atoms with Gasteiger partial charge in [0.15, 0.2) is 0 Å². The van der Waals surface area contributed by atoms with Crippen molar-refractivity contribution in [2.24, 2.45) is 17.3 Å². The van der Waals surface area contributed by atoms with Crippen molar-refractivity contribution in [3.05, 3.63) is 70.9 Å². The minimum atomic E-state index is -1.01. The third kappa shape index (κ3) is 8.20. The van der Waals surface area contributed by atoms with Gasteiger partial charge in [0.05, 0.1) is 29.1 Å². The number of halogens is 2. The average Bonchev–Trinajstić information content (AvgIpc) is 3.48. The lowest BCUT2D eigenvalue weighted by atomic mass is 9.67. The Morgan fingerprint density at radius 3 is 2.18 bits per heavy atom. The van der Waals surface area contributed by atoms with E-state index >= 15 is 0 Å². The number of aromatic nitrogens is 1. The largest absolute Gasteiger partial charge is 0.481 e. The molecule has 11 heteroatoms. The fraction of sp³-hybridized carbons (Fsp3) is 0.614. The number of nitrogens with one attached hydrogen (secondary N) is 1. The number of rotatable bonds is 9. The fourth-order valence-corrected chi connectivity index (χ4v) is 10.1. The lowest BCUT2D eigenvalue weighted by Crippen LogP contribution is -2.58. The van der Waals surface area contributed by atoms with E-state index in [1.165, 1.54) is 24.3 Å². The highest BCUT2D eigenvalue weighted by molar-refractivity contribution is 5.96. The van der Waals surface area contributed by atoms with Crippen LogP contribution in [-0.4, -0.2) is 77.0 Å². The number of likely N-dealkylation sites (tertiary alicyclic amines) is 1. The summed E-state index contributed by atoms with van der Waals surface area (Å²) >= 11 is 0. The van der Waals surface area contributed by atoms with Crippen LogP contribution in [0.4, 0.5) is 13.6 Å². The van der Waals surface area contributed by atoms with Gasteiger partial charge in [0.25, 0.3) is 0 Å². The zero-order valence-corrected chi connectivity index (χ0v) is 32.6. The smallest absolute Gasteiger partial charge is 0.328 e. The summed E-state index contributed by atoms with van der Waals surface area (Å²) in [7, 11) is 0.